The van der Waals surface area contributed by atoms with Crippen LogP contribution in [0.3, 0.4) is 0 Å². The van der Waals surface area contributed by atoms with Crippen LogP contribution in [0.5, 0.6) is 11.5 Å². The fourth-order valence-electron chi connectivity index (χ4n) is 5.33. The van der Waals surface area contributed by atoms with Crippen LogP contribution in [0.4, 0.5) is 4.39 Å². The minimum Gasteiger partial charge on any atom is -0.454 e. The summed E-state index contributed by atoms with van der Waals surface area (Å²) in [5, 5.41) is 2.42. The third kappa shape index (κ3) is 5.14. The molecule has 0 atom stereocenters. The molecule has 0 amide bonds. The number of nitrogens with zero attached hydrogens (tertiary/aromatic N) is 2. The maximum Gasteiger partial charge on any atom is 0.165 e. The average molecular weight is 509 g/mol. The van der Waals surface area contributed by atoms with E-state index in [2.05, 4.69) is 35.7 Å². The van der Waals surface area contributed by atoms with E-state index in [4.69, 9.17) is 4.74 Å². The van der Waals surface area contributed by atoms with Crippen molar-refractivity contribution < 1.29 is 13.9 Å². The van der Waals surface area contributed by atoms with Gasteiger partial charge in [0.15, 0.2) is 11.6 Å². The smallest absolute Gasteiger partial charge is 0.165 e. The summed E-state index contributed by atoms with van der Waals surface area (Å²) in [4.78, 5) is 11.5. The molecule has 0 bridgehead atoms. The zero-order chi connectivity index (χ0) is 26.5. The first-order valence-corrected chi connectivity index (χ1v) is 13.3. The van der Waals surface area contributed by atoms with E-state index < -0.39 is 5.82 Å². The number of aromatic nitrogens is 1. The standard InChI is InChI=1S/C33H33FN2O2/c1-24(2)32-28(17-12-22-37)31(26-18-19-29(34)30(23-26)38-27-15-8-4-9-16-27)33(25-13-6-3-7-14-25)36(32)35-20-10-5-11-21-35/h3-4,6-9,12-19,22-24H,5,10-11,20-21H2,1-2H3/b17-12+. The molecule has 4 nitrogen and oxygen atoms in total. The fraction of sp³-hybridized carbons (Fsp3) is 0.242. The molecule has 0 unspecified atom stereocenters. The summed E-state index contributed by atoms with van der Waals surface area (Å²) in [5.74, 6) is 0.486. The SMILES string of the molecule is CC(C)c1c(/C=C/C=O)c(-c2ccc(F)c(Oc3ccccc3)c2)c(-c2ccccc2)n1N1CCCCC1. The van der Waals surface area contributed by atoms with Gasteiger partial charge in [-0.2, -0.15) is 0 Å². The molecule has 5 rings (SSSR count). The number of hydrogen-bond acceptors (Lipinski definition) is 3. The van der Waals surface area contributed by atoms with Crippen molar-refractivity contribution in [1.82, 2.24) is 4.68 Å². The van der Waals surface area contributed by atoms with Gasteiger partial charge in [-0.1, -0.05) is 68.4 Å². The van der Waals surface area contributed by atoms with Crippen molar-refractivity contribution in [2.45, 2.75) is 39.0 Å². The van der Waals surface area contributed by atoms with E-state index in [9.17, 15) is 4.79 Å². The Morgan fingerprint density at radius 1 is 0.868 bits per heavy atom. The van der Waals surface area contributed by atoms with Crippen molar-refractivity contribution in [3.8, 4) is 33.9 Å². The lowest BCUT2D eigenvalue weighted by atomic mass is 9.94. The molecule has 5 heteroatoms. The largest absolute Gasteiger partial charge is 0.454 e. The zero-order valence-corrected chi connectivity index (χ0v) is 21.9. The Hall–Kier alpha value is -4.12. The highest BCUT2D eigenvalue weighted by molar-refractivity contribution is 5.92. The second-order valence-corrected chi connectivity index (χ2v) is 9.92. The van der Waals surface area contributed by atoms with E-state index in [-0.39, 0.29) is 11.7 Å². The van der Waals surface area contributed by atoms with E-state index in [1.807, 2.05) is 54.6 Å². The number of aldehydes is 1. The first kappa shape index (κ1) is 25.5. The van der Waals surface area contributed by atoms with Gasteiger partial charge in [-0.25, -0.2) is 4.39 Å². The predicted octanol–water partition coefficient (Wildman–Crippen LogP) is 8.21. The van der Waals surface area contributed by atoms with E-state index in [1.165, 1.54) is 12.5 Å². The van der Waals surface area contributed by atoms with Gasteiger partial charge in [0.05, 0.1) is 11.4 Å². The molecule has 1 aromatic heterocycles. The number of para-hydroxylation sites is 1. The molecule has 4 aromatic rings. The maximum absolute atomic E-state index is 15.0. The van der Waals surface area contributed by atoms with Crippen molar-refractivity contribution in [2.75, 3.05) is 18.1 Å². The van der Waals surface area contributed by atoms with Gasteiger partial charge in [-0.3, -0.25) is 9.47 Å². The van der Waals surface area contributed by atoms with Crippen LogP contribution in [0.25, 0.3) is 28.5 Å². The molecule has 1 aliphatic heterocycles. The molecular formula is C33H33FN2O2. The van der Waals surface area contributed by atoms with Crippen LogP contribution in [0, 0.1) is 5.82 Å². The predicted molar refractivity (Wildman–Crippen MR) is 153 cm³/mol. The van der Waals surface area contributed by atoms with E-state index in [0.717, 1.165) is 65.9 Å². The van der Waals surface area contributed by atoms with Crippen molar-refractivity contribution in [2.24, 2.45) is 0 Å². The number of hydrogen-bond donors (Lipinski definition) is 0. The molecule has 1 fully saturated rings. The molecule has 1 aliphatic rings. The molecule has 0 spiro atoms. The summed E-state index contributed by atoms with van der Waals surface area (Å²) in [6, 6.07) is 24.6. The zero-order valence-electron chi connectivity index (χ0n) is 21.9. The number of halogens is 1. The third-order valence-corrected chi connectivity index (χ3v) is 6.96. The highest BCUT2D eigenvalue weighted by Crippen LogP contribution is 2.44. The van der Waals surface area contributed by atoms with Gasteiger partial charge < -0.3 is 9.75 Å². The van der Waals surface area contributed by atoms with Gasteiger partial charge in [0.1, 0.15) is 12.0 Å². The maximum atomic E-state index is 15.0. The Bertz CT molecular complexity index is 1420. The summed E-state index contributed by atoms with van der Waals surface area (Å²) < 4.78 is 23.3. The molecule has 194 valence electrons. The summed E-state index contributed by atoms with van der Waals surface area (Å²) in [5.41, 5.74) is 6.00. The van der Waals surface area contributed by atoms with Crippen molar-refractivity contribution in [3.63, 3.8) is 0 Å². The van der Waals surface area contributed by atoms with Crippen molar-refractivity contribution in [1.29, 1.82) is 0 Å². The van der Waals surface area contributed by atoms with Crippen LogP contribution in [-0.4, -0.2) is 24.1 Å². The first-order chi connectivity index (χ1) is 18.6. The molecule has 0 radical (unpaired) electrons. The number of rotatable bonds is 8. The van der Waals surface area contributed by atoms with Gasteiger partial charge in [0, 0.05) is 29.8 Å². The second kappa shape index (κ2) is 11.5. The summed E-state index contributed by atoms with van der Waals surface area (Å²) in [7, 11) is 0. The van der Waals surface area contributed by atoms with Crippen LogP contribution in [-0.2, 0) is 4.79 Å². The van der Waals surface area contributed by atoms with Gasteiger partial charge in [-0.15, -0.1) is 0 Å². The topological polar surface area (TPSA) is 34.5 Å². The quantitative estimate of drug-likeness (QED) is 0.178. The molecule has 0 aliphatic carbocycles. The Morgan fingerprint density at radius 3 is 2.21 bits per heavy atom. The third-order valence-electron chi connectivity index (χ3n) is 6.96. The Morgan fingerprint density at radius 2 is 1.55 bits per heavy atom. The van der Waals surface area contributed by atoms with E-state index in [0.29, 0.717) is 5.75 Å². The molecule has 3 aromatic carbocycles. The number of allylic oxidation sites excluding steroid dienone is 1. The van der Waals surface area contributed by atoms with E-state index >= 15 is 4.39 Å². The molecule has 38 heavy (non-hydrogen) atoms. The number of piperidine rings is 1. The number of ether oxygens (including phenoxy) is 1. The summed E-state index contributed by atoms with van der Waals surface area (Å²) in [6.07, 6.45) is 7.73. The van der Waals surface area contributed by atoms with Gasteiger partial charge >= 0.3 is 0 Å². The monoisotopic (exact) mass is 508 g/mol. The number of carbonyl (C=O) groups excluding carboxylic acids is 1. The van der Waals surface area contributed by atoms with Gasteiger partial charge in [-0.05, 0) is 67.2 Å². The minimum absolute atomic E-state index is 0.162. The van der Waals surface area contributed by atoms with Gasteiger partial charge in [0.25, 0.3) is 0 Å². The van der Waals surface area contributed by atoms with Crippen molar-refractivity contribution >= 4 is 12.4 Å². The van der Waals surface area contributed by atoms with Crippen LogP contribution < -0.4 is 9.75 Å². The highest BCUT2D eigenvalue weighted by Gasteiger charge is 2.29. The Kier molecular flexibility index (Phi) is 7.73. The molecule has 0 saturated carbocycles. The molecule has 1 saturated heterocycles. The van der Waals surface area contributed by atoms with Gasteiger partial charge in [0.2, 0.25) is 0 Å². The number of carbonyl (C=O) groups is 1. The average Bonchev–Trinajstić information content (AvgIpc) is 3.30. The minimum atomic E-state index is -0.427. The fourth-order valence-corrected chi connectivity index (χ4v) is 5.33. The number of benzene rings is 3. The first-order valence-electron chi connectivity index (χ1n) is 13.3. The van der Waals surface area contributed by atoms with Crippen LogP contribution in [0.2, 0.25) is 0 Å². The molecule has 2 heterocycles. The van der Waals surface area contributed by atoms with Crippen molar-refractivity contribution in [3.05, 3.63) is 102 Å². The summed E-state index contributed by atoms with van der Waals surface area (Å²) >= 11 is 0. The Balaban J connectivity index is 1.80. The highest BCUT2D eigenvalue weighted by atomic mass is 19.1. The van der Waals surface area contributed by atoms with Crippen LogP contribution in [0.15, 0.2) is 84.9 Å². The van der Waals surface area contributed by atoms with Crippen LogP contribution in [0.1, 0.15) is 50.3 Å². The molecule has 0 N–H and O–H groups in total. The molecular weight excluding hydrogens is 475 g/mol. The lowest BCUT2D eigenvalue weighted by Crippen LogP contribution is -2.40. The van der Waals surface area contributed by atoms with E-state index in [1.54, 1.807) is 18.2 Å². The Labute approximate surface area is 224 Å². The lowest BCUT2D eigenvalue weighted by molar-refractivity contribution is -0.104. The lowest BCUT2D eigenvalue weighted by Gasteiger charge is -2.34. The second-order valence-electron chi connectivity index (χ2n) is 9.92. The summed E-state index contributed by atoms with van der Waals surface area (Å²) in [6.45, 7) is 6.27. The van der Waals surface area contributed by atoms with Crippen LogP contribution >= 0.6 is 0 Å². The normalized spacial score (nSPS) is 13.8.